The van der Waals surface area contributed by atoms with Crippen molar-refractivity contribution in [1.82, 2.24) is 9.62 Å². The number of rotatable bonds is 7. The van der Waals surface area contributed by atoms with Gasteiger partial charge in [0.05, 0.1) is 11.4 Å². The molecule has 0 aliphatic carbocycles. The van der Waals surface area contributed by atoms with E-state index in [4.69, 9.17) is 0 Å². The third kappa shape index (κ3) is 5.09. The highest BCUT2D eigenvalue weighted by atomic mass is 32.2. The van der Waals surface area contributed by atoms with E-state index in [1.54, 1.807) is 0 Å². The van der Waals surface area contributed by atoms with E-state index < -0.39 is 15.8 Å². The molecule has 0 saturated heterocycles. The summed E-state index contributed by atoms with van der Waals surface area (Å²) >= 11 is 0. The third-order valence-corrected chi connectivity index (χ3v) is 4.83. The van der Waals surface area contributed by atoms with Gasteiger partial charge in [-0.1, -0.05) is 13.3 Å². The Bertz CT molecular complexity index is 572. The Kier molecular flexibility index (Phi) is 6.29. The number of sulfonamides is 1. The number of likely N-dealkylation sites (N-methyl/N-ethyl adjacent to an activating group) is 1. The molecule has 5 nitrogen and oxygen atoms in total. The average molecular weight is 316 g/mol. The highest BCUT2D eigenvalue weighted by Crippen LogP contribution is 2.14. The molecule has 21 heavy (non-hydrogen) atoms. The van der Waals surface area contributed by atoms with Gasteiger partial charge in [-0.15, -0.1) is 0 Å². The van der Waals surface area contributed by atoms with Crippen LogP contribution in [0.4, 0.5) is 4.39 Å². The van der Waals surface area contributed by atoms with Gasteiger partial charge in [0.25, 0.3) is 0 Å². The molecule has 0 radical (unpaired) electrons. The minimum absolute atomic E-state index is 0.00410. The highest BCUT2D eigenvalue weighted by Gasteiger charge is 2.23. The molecular weight excluding hydrogens is 295 g/mol. The van der Waals surface area contributed by atoms with Crippen molar-refractivity contribution in [3.8, 4) is 0 Å². The normalized spacial score (nSPS) is 13.2. The number of amides is 1. The summed E-state index contributed by atoms with van der Waals surface area (Å²) in [5, 5.41) is 2.74. The van der Waals surface area contributed by atoms with E-state index in [0.717, 1.165) is 29.3 Å². The number of benzene rings is 1. The number of nitrogens with zero attached hydrogens (tertiary/aromatic N) is 1. The second kappa shape index (κ2) is 7.51. The van der Waals surface area contributed by atoms with Crippen LogP contribution in [-0.4, -0.2) is 38.3 Å². The van der Waals surface area contributed by atoms with Crippen LogP contribution in [0.25, 0.3) is 0 Å². The monoisotopic (exact) mass is 316 g/mol. The van der Waals surface area contributed by atoms with Crippen LogP contribution in [0.15, 0.2) is 29.2 Å². The Morgan fingerprint density at radius 2 is 1.90 bits per heavy atom. The van der Waals surface area contributed by atoms with Crippen LogP contribution in [-0.2, 0) is 14.8 Å². The second-order valence-electron chi connectivity index (χ2n) is 4.97. The summed E-state index contributed by atoms with van der Waals surface area (Å²) in [6, 6.07) is 4.51. The summed E-state index contributed by atoms with van der Waals surface area (Å²) in [6.07, 6.45) is 1.77. The van der Waals surface area contributed by atoms with Crippen molar-refractivity contribution in [3.05, 3.63) is 30.1 Å². The summed E-state index contributed by atoms with van der Waals surface area (Å²) in [5.41, 5.74) is 0. The lowest BCUT2D eigenvalue weighted by atomic mass is 10.2. The predicted molar refractivity (Wildman–Crippen MR) is 78.7 cm³/mol. The molecule has 1 amide bonds. The Hall–Kier alpha value is -1.47. The van der Waals surface area contributed by atoms with Crippen LogP contribution in [0.5, 0.6) is 0 Å². The van der Waals surface area contributed by atoms with Gasteiger partial charge >= 0.3 is 0 Å². The lowest BCUT2D eigenvalue weighted by Gasteiger charge is -2.19. The molecule has 1 aromatic carbocycles. The third-order valence-electron chi connectivity index (χ3n) is 3.02. The van der Waals surface area contributed by atoms with Crippen molar-refractivity contribution in [1.29, 1.82) is 0 Å². The van der Waals surface area contributed by atoms with E-state index >= 15 is 0 Å². The summed E-state index contributed by atoms with van der Waals surface area (Å²) in [6.45, 7) is 3.61. The molecule has 0 heterocycles. The first kappa shape index (κ1) is 17.6. The molecule has 0 aliphatic rings. The molecule has 1 N–H and O–H groups in total. The van der Waals surface area contributed by atoms with Crippen LogP contribution in [0.1, 0.15) is 26.7 Å². The van der Waals surface area contributed by atoms with Crippen molar-refractivity contribution in [2.75, 3.05) is 13.6 Å². The summed E-state index contributed by atoms with van der Waals surface area (Å²) in [4.78, 5) is 11.8. The maximum atomic E-state index is 12.8. The van der Waals surface area contributed by atoms with E-state index in [1.807, 2.05) is 13.8 Å². The molecular formula is C14H21FN2O3S. The lowest BCUT2D eigenvalue weighted by Crippen LogP contribution is -2.41. The van der Waals surface area contributed by atoms with Crippen molar-refractivity contribution >= 4 is 15.9 Å². The van der Waals surface area contributed by atoms with E-state index in [9.17, 15) is 17.6 Å². The molecule has 0 aromatic heterocycles. The van der Waals surface area contributed by atoms with Gasteiger partial charge in [0.1, 0.15) is 5.82 Å². The average Bonchev–Trinajstić information content (AvgIpc) is 2.39. The fraction of sp³-hybridized carbons (Fsp3) is 0.500. The Labute approximate surface area is 125 Å². The fourth-order valence-electron chi connectivity index (χ4n) is 1.90. The number of nitrogens with one attached hydrogen (secondary N) is 1. The molecule has 0 aliphatic heterocycles. The molecule has 0 unspecified atom stereocenters. The van der Waals surface area contributed by atoms with Gasteiger partial charge in [-0.2, -0.15) is 4.31 Å². The topological polar surface area (TPSA) is 66.5 Å². The smallest absolute Gasteiger partial charge is 0.243 e. The minimum Gasteiger partial charge on any atom is -0.353 e. The van der Waals surface area contributed by atoms with Gasteiger partial charge < -0.3 is 5.32 Å². The Morgan fingerprint density at radius 3 is 2.43 bits per heavy atom. The van der Waals surface area contributed by atoms with E-state index in [2.05, 4.69) is 5.32 Å². The summed E-state index contributed by atoms with van der Waals surface area (Å²) in [7, 11) is -2.47. The maximum Gasteiger partial charge on any atom is 0.243 e. The van der Waals surface area contributed by atoms with Crippen LogP contribution in [0.3, 0.4) is 0 Å². The largest absolute Gasteiger partial charge is 0.353 e. The number of hydrogen-bond acceptors (Lipinski definition) is 3. The van der Waals surface area contributed by atoms with Gasteiger partial charge in [-0.3, -0.25) is 4.79 Å². The molecule has 1 rings (SSSR count). The fourth-order valence-corrected chi connectivity index (χ4v) is 3.03. The van der Waals surface area contributed by atoms with Gasteiger partial charge in [0, 0.05) is 13.1 Å². The van der Waals surface area contributed by atoms with E-state index in [1.165, 1.54) is 19.2 Å². The first-order valence-corrected chi connectivity index (χ1v) is 8.22. The molecule has 0 fully saturated rings. The molecule has 1 aromatic rings. The number of carbonyl (C=O) groups is 1. The van der Waals surface area contributed by atoms with E-state index in [-0.39, 0.29) is 23.4 Å². The van der Waals surface area contributed by atoms with Crippen molar-refractivity contribution in [2.24, 2.45) is 0 Å². The summed E-state index contributed by atoms with van der Waals surface area (Å²) in [5.74, 6) is -0.869. The molecule has 0 saturated carbocycles. The molecule has 1 atom stereocenters. The first-order valence-electron chi connectivity index (χ1n) is 6.78. The molecule has 0 bridgehead atoms. The highest BCUT2D eigenvalue weighted by molar-refractivity contribution is 7.89. The van der Waals surface area contributed by atoms with Crippen molar-refractivity contribution < 1.29 is 17.6 Å². The Balaban J connectivity index is 2.71. The molecule has 0 spiro atoms. The zero-order chi connectivity index (χ0) is 16.0. The number of hydrogen-bond donors (Lipinski definition) is 1. The number of carbonyl (C=O) groups excluding carboxylic acids is 1. The maximum absolute atomic E-state index is 12.8. The van der Waals surface area contributed by atoms with Crippen LogP contribution in [0.2, 0.25) is 0 Å². The van der Waals surface area contributed by atoms with Crippen LogP contribution >= 0.6 is 0 Å². The van der Waals surface area contributed by atoms with Gasteiger partial charge in [-0.05, 0) is 37.6 Å². The Morgan fingerprint density at radius 1 is 1.33 bits per heavy atom. The summed E-state index contributed by atoms with van der Waals surface area (Å²) < 4.78 is 38.2. The quantitative estimate of drug-likeness (QED) is 0.833. The lowest BCUT2D eigenvalue weighted by molar-refractivity contribution is -0.121. The van der Waals surface area contributed by atoms with Crippen LogP contribution < -0.4 is 5.32 Å². The standard InChI is InChI=1S/C14H21FN2O3S/c1-4-5-11(2)16-14(18)10-17(3)21(19,20)13-8-6-12(15)7-9-13/h6-9,11H,4-5,10H2,1-3H3,(H,16,18)/t11-/m0/s1. The molecule has 7 heteroatoms. The minimum atomic E-state index is -3.79. The van der Waals surface area contributed by atoms with E-state index in [0.29, 0.717) is 0 Å². The van der Waals surface area contributed by atoms with Gasteiger partial charge in [0.15, 0.2) is 0 Å². The van der Waals surface area contributed by atoms with Crippen LogP contribution in [0, 0.1) is 5.82 Å². The first-order chi connectivity index (χ1) is 9.77. The zero-order valence-corrected chi connectivity index (χ0v) is 13.3. The van der Waals surface area contributed by atoms with Crippen molar-refractivity contribution in [2.45, 2.75) is 37.6 Å². The second-order valence-corrected chi connectivity index (χ2v) is 7.02. The van der Waals surface area contributed by atoms with Crippen molar-refractivity contribution in [3.63, 3.8) is 0 Å². The molecule has 118 valence electrons. The predicted octanol–water partition coefficient (Wildman–Crippen LogP) is 1.75. The number of halogens is 1. The zero-order valence-electron chi connectivity index (χ0n) is 12.5. The van der Waals surface area contributed by atoms with Gasteiger partial charge in [0.2, 0.25) is 15.9 Å². The van der Waals surface area contributed by atoms with Gasteiger partial charge in [-0.25, -0.2) is 12.8 Å². The SMILES string of the molecule is CCC[C@H](C)NC(=O)CN(C)S(=O)(=O)c1ccc(F)cc1.